The van der Waals surface area contributed by atoms with Gasteiger partial charge in [0.15, 0.2) is 0 Å². The summed E-state index contributed by atoms with van der Waals surface area (Å²) in [5, 5.41) is 4.42. The van der Waals surface area contributed by atoms with Gasteiger partial charge < -0.3 is 0 Å². The van der Waals surface area contributed by atoms with Gasteiger partial charge in [0.1, 0.15) is 8.80 Å². The van der Waals surface area contributed by atoms with Gasteiger partial charge in [0.25, 0.3) is 0 Å². The van der Waals surface area contributed by atoms with E-state index in [1.54, 1.807) is 0 Å². The number of hydrogen-bond donors (Lipinski definition) is 1. The second-order valence-electron chi connectivity index (χ2n) is 5.10. The van der Waals surface area contributed by atoms with Crippen LogP contribution in [-0.2, 0) is 4.57 Å². The lowest BCUT2D eigenvalue weighted by Crippen LogP contribution is -2.51. The Hall–Kier alpha value is -2.07. The number of hydrogen-bond acceptors (Lipinski definition) is 1. The highest BCUT2D eigenvalue weighted by molar-refractivity contribution is 7.46. The summed E-state index contributed by atoms with van der Waals surface area (Å²) in [4.78, 5) is 6.74. The van der Waals surface area contributed by atoms with Gasteiger partial charge in [0.2, 0.25) is 0 Å². The molecule has 0 radical (unpaired) electrons. The Bertz CT molecular complexity index is 678. The molecule has 0 aliphatic rings. The average Bonchev–Trinajstić information content (AvgIpc) is 2.57. The molecule has 0 unspecified atom stereocenters. The smallest absolute Gasteiger partial charge is 0.296 e. The second kappa shape index (κ2) is 8.69. The third-order valence-electron chi connectivity index (χ3n) is 3.40. The average molecular weight is 362 g/mol. The lowest BCUT2D eigenvalue weighted by Gasteiger charge is -2.16. The Balaban J connectivity index is 0.000000368. The Morgan fingerprint density at radius 2 is 0.833 bits per heavy atom. The zero-order chi connectivity index (χ0) is 17.4. The normalized spacial score (nSPS) is 10.8. The highest BCUT2D eigenvalue weighted by Gasteiger charge is 2.17. The van der Waals surface area contributed by atoms with Crippen molar-refractivity contribution in [2.24, 2.45) is 0 Å². The monoisotopic (exact) mass is 362 g/mol. The van der Waals surface area contributed by atoms with E-state index in [9.17, 15) is 8.39 Å². The first-order chi connectivity index (χ1) is 11.4. The maximum atomic E-state index is 10.1. The maximum absolute atomic E-state index is 10.1. The minimum absolute atomic E-state index is 1.31. The number of benzene rings is 3. The van der Waals surface area contributed by atoms with Crippen LogP contribution in [0.2, 0.25) is 0 Å². The van der Waals surface area contributed by atoms with Crippen molar-refractivity contribution in [3.05, 3.63) is 91.0 Å². The van der Waals surface area contributed by atoms with Crippen LogP contribution in [0.25, 0.3) is 0 Å². The first kappa shape index (κ1) is 18.3. The molecule has 3 aromatic carbocycles. The van der Waals surface area contributed by atoms with E-state index in [0.717, 1.165) is 0 Å². The van der Waals surface area contributed by atoms with Crippen LogP contribution in [0.3, 0.4) is 0 Å². The zero-order valence-electron chi connectivity index (χ0n) is 12.8. The van der Waals surface area contributed by atoms with Crippen LogP contribution in [-0.4, -0.2) is 13.7 Å². The van der Waals surface area contributed by atoms with Crippen LogP contribution in [0, 0.1) is 0 Å². The predicted molar refractivity (Wildman–Crippen MR) is 97.4 cm³/mol. The van der Waals surface area contributed by atoms with Gasteiger partial charge in [-0.05, 0) is 0 Å². The molecule has 6 heteroatoms. The molecule has 0 bridgehead atoms. The highest BCUT2D eigenvalue weighted by atomic mass is 31.2. The van der Waals surface area contributed by atoms with E-state index in [-0.39, 0.29) is 0 Å². The molecule has 124 valence electrons. The summed E-state index contributed by atoms with van der Waals surface area (Å²) < 4.78 is 28.7. The molecular formula is C18H17F2O2PSi. The highest BCUT2D eigenvalue weighted by Crippen LogP contribution is 2.43. The molecule has 0 heterocycles. The molecule has 0 spiro atoms. The fourth-order valence-corrected chi connectivity index (χ4v) is 5.49. The SMILES string of the molecule is O=P(O)(F)F.c1ccc([SiH](c2ccccc2)c2ccccc2)cc1. The first-order valence-electron chi connectivity index (χ1n) is 7.32. The summed E-state index contributed by atoms with van der Waals surface area (Å²) in [6.45, 7) is 0. The van der Waals surface area contributed by atoms with Gasteiger partial charge in [-0.1, -0.05) is 107 Å². The van der Waals surface area contributed by atoms with Gasteiger partial charge in [-0.3, -0.25) is 4.89 Å². The van der Waals surface area contributed by atoms with Crippen molar-refractivity contribution in [1.82, 2.24) is 0 Å². The largest absolute Gasteiger partial charge is 0.549 e. The Labute approximate surface area is 141 Å². The quantitative estimate of drug-likeness (QED) is 0.442. The number of rotatable bonds is 3. The fraction of sp³-hybridized carbons (Fsp3) is 0. The van der Waals surface area contributed by atoms with Crippen LogP contribution >= 0.6 is 7.99 Å². The Morgan fingerprint density at radius 3 is 1.04 bits per heavy atom. The summed E-state index contributed by atoms with van der Waals surface area (Å²) in [5.41, 5.74) is 0. The minimum Gasteiger partial charge on any atom is -0.296 e. The molecule has 0 aromatic heterocycles. The summed E-state index contributed by atoms with van der Waals surface area (Å²) in [6.07, 6.45) is 0. The molecule has 0 amide bonds. The van der Waals surface area contributed by atoms with Crippen LogP contribution in [0.15, 0.2) is 91.0 Å². The lowest BCUT2D eigenvalue weighted by molar-refractivity contribution is 0.376. The molecule has 24 heavy (non-hydrogen) atoms. The molecule has 0 fully saturated rings. The molecule has 0 saturated carbocycles. The Kier molecular flexibility index (Phi) is 6.61. The maximum Gasteiger partial charge on any atom is 0.549 e. The van der Waals surface area contributed by atoms with Gasteiger partial charge >= 0.3 is 7.99 Å². The van der Waals surface area contributed by atoms with Gasteiger partial charge in [-0.2, -0.15) is 0 Å². The predicted octanol–water partition coefficient (Wildman–Crippen LogP) is 2.96. The van der Waals surface area contributed by atoms with Crippen molar-refractivity contribution < 1.29 is 17.9 Å². The van der Waals surface area contributed by atoms with Crippen molar-refractivity contribution in [1.29, 1.82) is 0 Å². The molecule has 0 atom stereocenters. The van der Waals surface area contributed by atoms with E-state index in [0.29, 0.717) is 0 Å². The van der Waals surface area contributed by atoms with Gasteiger partial charge in [-0.15, -0.1) is 8.39 Å². The molecule has 3 rings (SSSR count). The summed E-state index contributed by atoms with van der Waals surface area (Å²) in [6, 6.07) is 32.7. The topological polar surface area (TPSA) is 37.3 Å². The fourth-order valence-electron chi connectivity index (χ4n) is 2.51. The minimum atomic E-state index is -5.64. The first-order valence-corrected chi connectivity index (χ1v) is 10.5. The third-order valence-corrected chi connectivity index (χ3v) is 6.55. The van der Waals surface area contributed by atoms with Crippen molar-refractivity contribution >= 4 is 32.3 Å². The summed E-state index contributed by atoms with van der Waals surface area (Å²) >= 11 is 0. The van der Waals surface area contributed by atoms with Crippen LogP contribution in [0.5, 0.6) is 0 Å². The van der Waals surface area contributed by atoms with E-state index in [2.05, 4.69) is 91.0 Å². The van der Waals surface area contributed by atoms with Crippen molar-refractivity contribution in [2.45, 2.75) is 0 Å². The summed E-state index contributed by atoms with van der Waals surface area (Å²) in [7, 11) is -6.95. The van der Waals surface area contributed by atoms with Crippen molar-refractivity contribution in [3.63, 3.8) is 0 Å². The van der Waals surface area contributed by atoms with Gasteiger partial charge in [0, 0.05) is 0 Å². The molecule has 0 saturated heterocycles. The van der Waals surface area contributed by atoms with E-state index in [1.807, 2.05) is 0 Å². The number of halogens is 2. The van der Waals surface area contributed by atoms with Crippen LogP contribution < -0.4 is 15.6 Å². The van der Waals surface area contributed by atoms with Crippen molar-refractivity contribution in [3.8, 4) is 0 Å². The standard InChI is InChI=1S/C18H16Si.F2HO2P/c1-4-10-16(11-5-1)19(17-12-6-2-7-13-17)18-14-8-3-9-15-18;1-5(2,3)4/h1-15,19H;(H,3,4). The molecule has 3 aromatic rings. The Morgan fingerprint density at radius 1 is 0.625 bits per heavy atom. The van der Waals surface area contributed by atoms with E-state index < -0.39 is 16.8 Å². The molecule has 1 N–H and O–H groups in total. The van der Waals surface area contributed by atoms with Gasteiger partial charge in [0.05, 0.1) is 0 Å². The summed E-state index contributed by atoms with van der Waals surface area (Å²) in [5.74, 6) is 0. The van der Waals surface area contributed by atoms with E-state index in [1.165, 1.54) is 15.6 Å². The van der Waals surface area contributed by atoms with Gasteiger partial charge in [-0.25, -0.2) is 4.57 Å². The van der Waals surface area contributed by atoms with E-state index >= 15 is 0 Å². The molecule has 2 nitrogen and oxygen atoms in total. The van der Waals surface area contributed by atoms with Crippen molar-refractivity contribution in [2.75, 3.05) is 0 Å². The van der Waals surface area contributed by atoms with Crippen LogP contribution in [0.1, 0.15) is 0 Å². The molecular weight excluding hydrogens is 345 g/mol. The van der Waals surface area contributed by atoms with E-state index in [4.69, 9.17) is 9.46 Å². The molecule has 0 aliphatic carbocycles. The molecule has 0 aliphatic heterocycles. The zero-order valence-corrected chi connectivity index (χ0v) is 14.8. The third kappa shape index (κ3) is 6.20. The van der Waals surface area contributed by atoms with Crippen LogP contribution in [0.4, 0.5) is 8.39 Å². The second-order valence-corrected chi connectivity index (χ2v) is 8.84. The lowest BCUT2D eigenvalue weighted by atomic mass is 10.3.